The third-order valence-corrected chi connectivity index (χ3v) is 3.05. The lowest BCUT2D eigenvalue weighted by molar-refractivity contribution is -0.150. The number of allylic oxidation sites excluding steroid dienone is 1. The lowest BCUT2D eigenvalue weighted by Crippen LogP contribution is -2.26. The van der Waals surface area contributed by atoms with Crippen LogP contribution in [0.25, 0.3) is 0 Å². The van der Waals surface area contributed by atoms with Crippen LogP contribution in [0.5, 0.6) is 0 Å². The van der Waals surface area contributed by atoms with Crippen LogP contribution in [0.15, 0.2) is 11.6 Å². The molecule has 18 heavy (non-hydrogen) atoms. The lowest BCUT2D eigenvalue weighted by Gasteiger charge is -2.22. The Morgan fingerprint density at radius 1 is 1.22 bits per heavy atom. The molecule has 1 rings (SSSR count). The summed E-state index contributed by atoms with van der Waals surface area (Å²) in [6.45, 7) is 5.99. The van der Waals surface area contributed by atoms with Crippen molar-refractivity contribution in [2.45, 2.75) is 58.5 Å². The average molecular weight is 254 g/mol. The molecular weight excluding hydrogens is 228 g/mol. The van der Waals surface area contributed by atoms with E-state index in [9.17, 15) is 4.79 Å². The molecule has 0 bridgehead atoms. The van der Waals surface area contributed by atoms with E-state index >= 15 is 0 Å². The van der Waals surface area contributed by atoms with Crippen LogP contribution in [0.3, 0.4) is 0 Å². The van der Waals surface area contributed by atoms with Gasteiger partial charge in [0.15, 0.2) is 0 Å². The van der Waals surface area contributed by atoms with Crippen LogP contribution in [0.2, 0.25) is 0 Å². The monoisotopic (exact) mass is 254 g/mol. The molecule has 0 N–H and O–H groups in total. The van der Waals surface area contributed by atoms with Crippen molar-refractivity contribution in [1.29, 1.82) is 0 Å². The lowest BCUT2D eigenvalue weighted by atomic mass is 9.88. The second-order valence-electron chi connectivity index (χ2n) is 6.02. The highest BCUT2D eigenvalue weighted by Gasteiger charge is 2.21. The van der Waals surface area contributed by atoms with Crippen molar-refractivity contribution in [3.05, 3.63) is 11.6 Å². The van der Waals surface area contributed by atoms with Gasteiger partial charge in [0.05, 0.1) is 12.2 Å². The van der Waals surface area contributed by atoms with Crippen LogP contribution in [0.1, 0.15) is 52.9 Å². The van der Waals surface area contributed by atoms with Gasteiger partial charge in [-0.1, -0.05) is 25.3 Å². The molecule has 0 atom stereocenters. The Kier molecular flexibility index (Phi) is 5.86. The van der Waals surface area contributed by atoms with Crippen molar-refractivity contribution < 1.29 is 14.3 Å². The van der Waals surface area contributed by atoms with Crippen LogP contribution in [0, 0.1) is 5.92 Å². The second-order valence-corrected chi connectivity index (χ2v) is 6.02. The van der Waals surface area contributed by atoms with E-state index in [1.54, 1.807) is 7.11 Å². The number of carbonyl (C=O) groups is 1. The van der Waals surface area contributed by atoms with Crippen molar-refractivity contribution in [3.63, 3.8) is 0 Å². The Morgan fingerprint density at radius 3 is 2.33 bits per heavy atom. The molecule has 104 valence electrons. The van der Waals surface area contributed by atoms with Crippen LogP contribution >= 0.6 is 0 Å². The normalized spacial score (nSPS) is 18.8. The standard InChI is InChI=1S/C15H26O3/c1-15(2,3)18-14(16)13(11-17-4)10-12-8-6-5-7-9-12/h10,12H,5-9,11H2,1-4H3. The summed E-state index contributed by atoms with van der Waals surface area (Å²) in [5, 5.41) is 0. The van der Waals surface area contributed by atoms with Gasteiger partial charge in [-0.25, -0.2) is 4.79 Å². The highest BCUT2D eigenvalue weighted by atomic mass is 16.6. The molecule has 0 amide bonds. The summed E-state index contributed by atoms with van der Waals surface area (Å²) in [6.07, 6.45) is 8.25. The molecule has 0 aromatic heterocycles. The Bertz CT molecular complexity index is 293. The minimum atomic E-state index is -0.448. The first-order valence-corrected chi connectivity index (χ1v) is 6.85. The van der Waals surface area contributed by atoms with E-state index in [0.717, 1.165) is 0 Å². The van der Waals surface area contributed by atoms with Crippen molar-refractivity contribution in [1.82, 2.24) is 0 Å². The molecule has 0 radical (unpaired) electrons. The van der Waals surface area contributed by atoms with Crippen LogP contribution in [-0.2, 0) is 14.3 Å². The van der Waals surface area contributed by atoms with Gasteiger partial charge in [-0.05, 0) is 39.5 Å². The molecule has 0 heterocycles. The maximum Gasteiger partial charge on any atom is 0.336 e. The molecule has 1 saturated carbocycles. The number of ether oxygens (including phenoxy) is 2. The minimum absolute atomic E-state index is 0.241. The molecule has 0 saturated heterocycles. The average Bonchev–Trinajstić information content (AvgIpc) is 2.27. The number of rotatable bonds is 4. The third kappa shape index (κ3) is 5.67. The van der Waals surface area contributed by atoms with E-state index < -0.39 is 5.60 Å². The summed E-state index contributed by atoms with van der Waals surface area (Å²) < 4.78 is 10.5. The molecule has 0 unspecified atom stereocenters. The number of carbonyl (C=O) groups excluding carboxylic acids is 1. The van der Waals surface area contributed by atoms with Crippen molar-refractivity contribution in [3.8, 4) is 0 Å². The van der Waals surface area contributed by atoms with Gasteiger partial charge in [-0.2, -0.15) is 0 Å². The quantitative estimate of drug-likeness (QED) is 0.569. The van der Waals surface area contributed by atoms with Gasteiger partial charge in [0.25, 0.3) is 0 Å². The molecule has 0 spiro atoms. The molecule has 0 aromatic carbocycles. The molecule has 1 fully saturated rings. The third-order valence-electron chi connectivity index (χ3n) is 3.05. The maximum absolute atomic E-state index is 12.1. The molecular formula is C15H26O3. The minimum Gasteiger partial charge on any atom is -0.457 e. The van der Waals surface area contributed by atoms with Gasteiger partial charge in [-0.15, -0.1) is 0 Å². The summed E-state index contributed by atoms with van der Waals surface area (Å²) in [7, 11) is 1.61. The summed E-state index contributed by atoms with van der Waals surface area (Å²) in [5.41, 5.74) is 0.218. The summed E-state index contributed by atoms with van der Waals surface area (Å²) in [6, 6.07) is 0. The molecule has 3 heteroatoms. The van der Waals surface area contributed by atoms with Crippen LogP contribution < -0.4 is 0 Å². The number of hydrogen-bond donors (Lipinski definition) is 0. The summed E-state index contributed by atoms with van der Waals surface area (Å²) >= 11 is 0. The number of esters is 1. The molecule has 0 aliphatic heterocycles. The van der Waals surface area contributed by atoms with E-state index in [4.69, 9.17) is 9.47 Å². The van der Waals surface area contributed by atoms with Crippen molar-refractivity contribution in [2.24, 2.45) is 5.92 Å². The zero-order chi connectivity index (χ0) is 13.6. The van der Waals surface area contributed by atoms with E-state index in [0.29, 0.717) is 18.1 Å². The highest BCUT2D eigenvalue weighted by molar-refractivity contribution is 5.89. The predicted molar refractivity (Wildman–Crippen MR) is 72.4 cm³/mol. The highest BCUT2D eigenvalue weighted by Crippen LogP contribution is 2.26. The van der Waals surface area contributed by atoms with Crippen LogP contribution in [-0.4, -0.2) is 25.3 Å². The molecule has 1 aliphatic carbocycles. The fourth-order valence-electron chi connectivity index (χ4n) is 2.26. The predicted octanol–water partition coefficient (Wildman–Crippen LogP) is 3.48. The van der Waals surface area contributed by atoms with Crippen molar-refractivity contribution >= 4 is 5.97 Å². The van der Waals surface area contributed by atoms with Gasteiger partial charge < -0.3 is 9.47 Å². The second kappa shape index (κ2) is 6.93. The first-order chi connectivity index (χ1) is 8.42. The number of hydrogen-bond acceptors (Lipinski definition) is 3. The molecule has 0 aromatic rings. The number of methoxy groups -OCH3 is 1. The molecule has 3 nitrogen and oxygen atoms in total. The Labute approximate surface area is 111 Å². The first kappa shape index (κ1) is 15.2. The zero-order valence-corrected chi connectivity index (χ0v) is 12.1. The van der Waals surface area contributed by atoms with Gasteiger partial charge >= 0.3 is 5.97 Å². The van der Waals surface area contributed by atoms with Crippen molar-refractivity contribution in [2.75, 3.05) is 13.7 Å². The zero-order valence-electron chi connectivity index (χ0n) is 12.1. The fourth-order valence-corrected chi connectivity index (χ4v) is 2.26. The smallest absolute Gasteiger partial charge is 0.336 e. The molecule has 1 aliphatic rings. The van der Waals surface area contributed by atoms with Gasteiger partial charge in [0, 0.05) is 7.11 Å². The Morgan fingerprint density at radius 2 is 1.83 bits per heavy atom. The fraction of sp³-hybridized carbons (Fsp3) is 0.800. The summed E-state index contributed by atoms with van der Waals surface area (Å²) in [5.74, 6) is 0.270. The Hall–Kier alpha value is -0.830. The van der Waals surface area contributed by atoms with E-state index in [1.165, 1.54) is 32.1 Å². The Balaban J connectivity index is 2.67. The van der Waals surface area contributed by atoms with E-state index in [2.05, 4.69) is 6.08 Å². The largest absolute Gasteiger partial charge is 0.457 e. The topological polar surface area (TPSA) is 35.5 Å². The van der Waals surface area contributed by atoms with Crippen LogP contribution in [0.4, 0.5) is 0 Å². The van der Waals surface area contributed by atoms with E-state index in [-0.39, 0.29) is 5.97 Å². The maximum atomic E-state index is 12.1. The van der Waals surface area contributed by atoms with Gasteiger partial charge in [0.2, 0.25) is 0 Å². The van der Waals surface area contributed by atoms with E-state index in [1.807, 2.05) is 20.8 Å². The summed E-state index contributed by atoms with van der Waals surface area (Å²) in [4.78, 5) is 12.1. The van der Waals surface area contributed by atoms with Gasteiger partial charge in [-0.3, -0.25) is 0 Å². The SMILES string of the molecule is COCC(=CC1CCCCC1)C(=O)OC(C)(C)C. The first-order valence-electron chi connectivity index (χ1n) is 6.85. The van der Waals surface area contributed by atoms with Gasteiger partial charge in [0.1, 0.15) is 5.60 Å².